The number of halogens is 1. The minimum absolute atomic E-state index is 0.175. The van der Waals surface area contributed by atoms with Crippen molar-refractivity contribution >= 4 is 21.8 Å². The van der Waals surface area contributed by atoms with Gasteiger partial charge in [0, 0.05) is 17.7 Å². The summed E-state index contributed by atoms with van der Waals surface area (Å²) in [6, 6.07) is 11.7. The summed E-state index contributed by atoms with van der Waals surface area (Å²) in [7, 11) is 7.35. The van der Waals surface area contributed by atoms with Crippen LogP contribution in [-0.2, 0) is 13.1 Å². The predicted octanol–water partition coefficient (Wildman–Crippen LogP) is 2.04. The Morgan fingerprint density at radius 1 is 1.04 bits per heavy atom. The average molecular weight is 408 g/mol. The maximum Gasteiger partial charge on any atom is 0.251 e. The molecule has 6 heteroatoms. The van der Waals surface area contributed by atoms with Crippen LogP contribution in [0.5, 0.6) is 11.5 Å². The summed E-state index contributed by atoms with van der Waals surface area (Å²) in [5.74, 6) is 0.936. The van der Waals surface area contributed by atoms with Crippen molar-refractivity contribution in [3.63, 3.8) is 0 Å². The molecule has 2 aromatic carbocycles. The minimum Gasteiger partial charge on any atom is -0.495 e. The standard InChI is InChI=1S/C19H23BrN2O3/c1-22(2)12-14-7-5-13(6-8-14)11-21-19(23)15-9-16(24-3)18(20)17(10-15)25-4/h5-10H,11-12H2,1-4H3,(H,21,23)/p+1. The molecule has 0 spiro atoms. The summed E-state index contributed by atoms with van der Waals surface area (Å²) in [5.41, 5.74) is 2.82. The number of nitrogens with one attached hydrogen (secondary N) is 2. The molecular formula is C19H24BrN2O3+. The zero-order chi connectivity index (χ0) is 18.4. The van der Waals surface area contributed by atoms with Crippen LogP contribution in [0.3, 0.4) is 0 Å². The molecule has 0 heterocycles. The number of hydrogen-bond acceptors (Lipinski definition) is 3. The van der Waals surface area contributed by atoms with Gasteiger partial charge in [-0.05, 0) is 33.6 Å². The van der Waals surface area contributed by atoms with E-state index in [2.05, 4.69) is 47.5 Å². The first kappa shape index (κ1) is 19.3. The van der Waals surface area contributed by atoms with Crippen LogP contribution < -0.4 is 19.7 Å². The van der Waals surface area contributed by atoms with E-state index in [1.54, 1.807) is 26.4 Å². The van der Waals surface area contributed by atoms with Crippen LogP contribution in [0.1, 0.15) is 21.5 Å². The number of carbonyl (C=O) groups excluding carboxylic acids is 1. The summed E-state index contributed by atoms with van der Waals surface area (Å²) < 4.78 is 11.2. The first-order chi connectivity index (χ1) is 11.9. The fourth-order valence-corrected chi connectivity index (χ4v) is 3.02. The quantitative estimate of drug-likeness (QED) is 0.738. The number of benzene rings is 2. The third kappa shape index (κ3) is 5.21. The van der Waals surface area contributed by atoms with Crippen LogP contribution in [0.25, 0.3) is 0 Å². The molecule has 0 fully saturated rings. The smallest absolute Gasteiger partial charge is 0.251 e. The van der Waals surface area contributed by atoms with Gasteiger partial charge in [0.15, 0.2) is 0 Å². The second-order valence-corrected chi connectivity index (χ2v) is 6.87. The zero-order valence-electron chi connectivity index (χ0n) is 15.0. The van der Waals surface area contributed by atoms with Crippen molar-refractivity contribution in [2.24, 2.45) is 0 Å². The third-order valence-corrected chi connectivity index (χ3v) is 4.52. The average Bonchev–Trinajstić information content (AvgIpc) is 2.60. The van der Waals surface area contributed by atoms with E-state index in [-0.39, 0.29) is 5.91 Å². The molecule has 2 rings (SSSR count). The summed E-state index contributed by atoms with van der Waals surface area (Å²) >= 11 is 3.40. The molecule has 0 radical (unpaired) electrons. The van der Waals surface area contributed by atoms with E-state index in [4.69, 9.17) is 9.47 Å². The highest BCUT2D eigenvalue weighted by atomic mass is 79.9. The molecule has 0 atom stereocenters. The highest BCUT2D eigenvalue weighted by Crippen LogP contribution is 2.35. The Bertz CT molecular complexity index is 705. The normalized spacial score (nSPS) is 10.6. The maximum absolute atomic E-state index is 12.4. The van der Waals surface area contributed by atoms with Gasteiger partial charge in [-0.1, -0.05) is 24.3 Å². The molecule has 0 unspecified atom stereocenters. The summed E-state index contributed by atoms with van der Waals surface area (Å²) in [4.78, 5) is 13.8. The second kappa shape index (κ2) is 8.87. The number of hydrogen-bond donors (Lipinski definition) is 2. The first-order valence-electron chi connectivity index (χ1n) is 8.01. The molecule has 0 aromatic heterocycles. The number of methoxy groups -OCH3 is 2. The molecule has 0 bridgehead atoms. The van der Waals surface area contributed by atoms with Gasteiger partial charge in [-0.25, -0.2) is 0 Å². The van der Waals surface area contributed by atoms with Crippen LogP contribution in [0.4, 0.5) is 0 Å². The third-order valence-electron chi connectivity index (χ3n) is 3.74. The van der Waals surface area contributed by atoms with E-state index < -0.39 is 0 Å². The molecule has 2 N–H and O–H groups in total. The van der Waals surface area contributed by atoms with Gasteiger partial charge >= 0.3 is 0 Å². The van der Waals surface area contributed by atoms with E-state index in [9.17, 15) is 4.79 Å². The Labute approximate surface area is 157 Å². The Morgan fingerprint density at radius 3 is 2.04 bits per heavy atom. The van der Waals surface area contributed by atoms with Crippen molar-refractivity contribution in [2.75, 3.05) is 28.3 Å². The SMILES string of the molecule is COc1cc(C(=O)NCc2ccc(C[NH+](C)C)cc2)cc(OC)c1Br. The Balaban J connectivity index is 2.05. The molecule has 0 aliphatic heterocycles. The number of rotatable bonds is 7. The van der Waals surface area contributed by atoms with Crippen molar-refractivity contribution in [2.45, 2.75) is 13.1 Å². The van der Waals surface area contributed by atoms with E-state index in [0.29, 0.717) is 28.1 Å². The molecule has 2 aromatic rings. The lowest BCUT2D eigenvalue weighted by Gasteiger charge is -2.12. The molecule has 134 valence electrons. The van der Waals surface area contributed by atoms with Gasteiger partial charge in [0.05, 0.1) is 28.3 Å². The van der Waals surface area contributed by atoms with E-state index in [1.807, 2.05) is 12.1 Å². The van der Waals surface area contributed by atoms with Gasteiger partial charge in [-0.15, -0.1) is 0 Å². The maximum atomic E-state index is 12.4. The molecule has 0 saturated carbocycles. The molecular weight excluding hydrogens is 384 g/mol. The van der Waals surface area contributed by atoms with Crippen LogP contribution in [0.15, 0.2) is 40.9 Å². The van der Waals surface area contributed by atoms with Crippen molar-refractivity contribution in [1.29, 1.82) is 0 Å². The van der Waals surface area contributed by atoms with Gasteiger partial charge in [-0.3, -0.25) is 4.79 Å². The second-order valence-electron chi connectivity index (χ2n) is 6.08. The van der Waals surface area contributed by atoms with E-state index >= 15 is 0 Å². The highest BCUT2D eigenvalue weighted by Gasteiger charge is 2.14. The molecule has 5 nitrogen and oxygen atoms in total. The summed E-state index contributed by atoms with van der Waals surface area (Å²) in [6.07, 6.45) is 0. The van der Waals surface area contributed by atoms with Crippen LogP contribution in [-0.4, -0.2) is 34.2 Å². The number of quaternary nitrogens is 1. The molecule has 1 amide bonds. The lowest BCUT2D eigenvalue weighted by atomic mass is 10.1. The van der Waals surface area contributed by atoms with Crippen molar-refractivity contribution < 1.29 is 19.2 Å². The van der Waals surface area contributed by atoms with E-state index in [1.165, 1.54) is 10.5 Å². The van der Waals surface area contributed by atoms with Gasteiger partial charge in [0.2, 0.25) is 0 Å². The summed E-state index contributed by atoms with van der Waals surface area (Å²) in [5, 5.41) is 2.93. The Hall–Kier alpha value is -2.05. The lowest BCUT2D eigenvalue weighted by molar-refractivity contribution is -0.872. The van der Waals surface area contributed by atoms with Crippen LogP contribution in [0, 0.1) is 0 Å². The topological polar surface area (TPSA) is 52.0 Å². The van der Waals surface area contributed by atoms with E-state index in [0.717, 1.165) is 12.1 Å². The zero-order valence-corrected chi connectivity index (χ0v) is 16.6. The summed E-state index contributed by atoms with van der Waals surface area (Å²) in [6.45, 7) is 1.44. The van der Waals surface area contributed by atoms with Crippen LogP contribution in [0.2, 0.25) is 0 Å². The monoisotopic (exact) mass is 407 g/mol. The molecule has 0 saturated heterocycles. The van der Waals surface area contributed by atoms with Crippen LogP contribution >= 0.6 is 15.9 Å². The molecule has 0 aliphatic rings. The Kier molecular flexibility index (Phi) is 6.84. The van der Waals surface area contributed by atoms with Gasteiger partial charge in [0.1, 0.15) is 22.5 Å². The number of ether oxygens (including phenoxy) is 2. The fourth-order valence-electron chi connectivity index (χ4n) is 2.47. The molecule has 25 heavy (non-hydrogen) atoms. The fraction of sp³-hybridized carbons (Fsp3) is 0.316. The van der Waals surface area contributed by atoms with Gasteiger partial charge in [0.25, 0.3) is 5.91 Å². The van der Waals surface area contributed by atoms with Gasteiger partial charge in [-0.2, -0.15) is 0 Å². The Morgan fingerprint density at radius 2 is 1.56 bits per heavy atom. The largest absolute Gasteiger partial charge is 0.495 e. The minimum atomic E-state index is -0.175. The predicted molar refractivity (Wildman–Crippen MR) is 101 cm³/mol. The van der Waals surface area contributed by atoms with Crippen molar-refractivity contribution in [3.8, 4) is 11.5 Å². The highest BCUT2D eigenvalue weighted by molar-refractivity contribution is 9.10. The first-order valence-corrected chi connectivity index (χ1v) is 8.80. The molecule has 0 aliphatic carbocycles. The van der Waals surface area contributed by atoms with Crippen molar-refractivity contribution in [1.82, 2.24) is 5.32 Å². The van der Waals surface area contributed by atoms with Crippen molar-refractivity contribution in [3.05, 3.63) is 57.6 Å². The number of carbonyl (C=O) groups is 1. The lowest BCUT2D eigenvalue weighted by Crippen LogP contribution is -3.04. The van der Waals surface area contributed by atoms with Gasteiger partial charge < -0.3 is 19.7 Å². The number of amides is 1.